The fourth-order valence-corrected chi connectivity index (χ4v) is 2.89. The summed E-state index contributed by atoms with van der Waals surface area (Å²) in [6, 6.07) is 17.9. The summed E-state index contributed by atoms with van der Waals surface area (Å²) in [7, 11) is 0. The molecule has 0 aliphatic heterocycles. The molecule has 2 heterocycles. The normalized spacial score (nSPS) is 10.9. The molecule has 5 heteroatoms. The largest absolute Gasteiger partial charge is 0.361 e. The molecule has 0 aliphatic carbocycles. The molecule has 4 aromatic rings. The van der Waals surface area contributed by atoms with Crippen molar-refractivity contribution in [3.63, 3.8) is 0 Å². The highest BCUT2D eigenvalue weighted by atomic mass is 16.1. The van der Waals surface area contributed by atoms with E-state index in [1.807, 2.05) is 67.0 Å². The monoisotopic (exact) mass is 330 g/mol. The van der Waals surface area contributed by atoms with E-state index in [0.717, 1.165) is 27.7 Å². The van der Waals surface area contributed by atoms with Gasteiger partial charge in [0.05, 0.1) is 18.3 Å². The van der Waals surface area contributed by atoms with Gasteiger partial charge in [0.15, 0.2) is 0 Å². The second-order valence-corrected chi connectivity index (χ2v) is 5.94. The van der Waals surface area contributed by atoms with Gasteiger partial charge in [0, 0.05) is 35.4 Å². The molecular weight excluding hydrogens is 312 g/mol. The Balaban J connectivity index is 1.38. The minimum Gasteiger partial charge on any atom is -0.361 e. The first-order chi connectivity index (χ1) is 12.3. The average molecular weight is 330 g/mol. The van der Waals surface area contributed by atoms with E-state index >= 15 is 0 Å². The molecule has 4 rings (SSSR count). The van der Waals surface area contributed by atoms with E-state index in [-0.39, 0.29) is 5.91 Å². The predicted molar refractivity (Wildman–Crippen MR) is 97.4 cm³/mol. The number of para-hydroxylation sites is 2. The zero-order valence-electron chi connectivity index (χ0n) is 13.6. The zero-order valence-corrected chi connectivity index (χ0v) is 13.6. The number of rotatable bonds is 5. The van der Waals surface area contributed by atoms with Gasteiger partial charge in [-0.15, -0.1) is 0 Å². The highest BCUT2D eigenvalue weighted by Gasteiger charge is 2.09. The Morgan fingerprint density at radius 1 is 1.08 bits per heavy atom. The molecule has 2 aromatic heterocycles. The van der Waals surface area contributed by atoms with Crippen molar-refractivity contribution < 1.29 is 4.79 Å². The number of hydrogen-bond donors (Lipinski definition) is 2. The molecule has 0 fully saturated rings. The highest BCUT2D eigenvalue weighted by molar-refractivity contribution is 5.88. The molecule has 0 bridgehead atoms. The summed E-state index contributed by atoms with van der Waals surface area (Å²) in [5, 5.41) is 8.39. The Labute approximate surface area is 145 Å². The summed E-state index contributed by atoms with van der Waals surface area (Å²) >= 11 is 0. The fourth-order valence-electron chi connectivity index (χ4n) is 2.89. The number of fused-ring (bicyclic) bond motifs is 1. The van der Waals surface area contributed by atoms with Crippen LogP contribution < -0.4 is 5.32 Å². The van der Waals surface area contributed by atoms with Gasteiger partial charge in [-0.1, -0.05) is 36.4 Å². The number of H-pyrrole nitrogens is 1. The standard InChI is InChI=1S/C20H18N4O/c25-20(10-16-13-21-19-9-5-4-8-18(16)19)22-11-15-12-23-24(14-15)17-6-2-1-3-7-17/h1-9,12-14,21H,10-11H2,(H,22,25). The number of aromatic nitrogens is 3. The van der Waals surface area contributed by atoms with Crippen molar-refractivity contribution in [2.75, 3.05) is 0 Å². The number of nitrogens with one attached hydrogen (secondary N) is 2. The van der Waals surface area contributed by atoms with Crippen molar-refractivity contribution in [1.82, 2.24) is 20.1 Å². The van der Waals surface area contributed by atoms with Crippen LogP contribution in [0, 0.1) is 0 Å². The van der Waals surface area contributed by atoms with Crippen molar-refractivity contribution in [3.05, 3.63) is 84.3 Å². The Bertz CT molecular complexity index is 1000. The quantitative estimate of drug-likeness (QED) is 0.590. The third kappa shape index (κ3) is 3.30. The lowest BCUT2D eigenvalue weighted by Crippen LogP contribution is -2.24. The van der Waals surface area contributed by atoms with Crippen molar-refractivity contribution in [3.8, 4) is 5.69 Å². The van der Waals surface area contributed by atoms with Gasteiger partial charge in [0.2, 0.25) is 5.91 Å². The number of carbonyl (C=O) groups is 1. The topological polar surface area (TPSA) is 62.7 Å². The summed E-state index contributed by atoms with van der Waals surface area (Å²) in [5.74, 6) is -0.00258. The maximum atomic E-state index is 12.3. The van der Waals surface area contributed by atoms with E-state index in [1.165, 1.54) is 0 Å². The zero-order chi connectivity index (χ0) is 17.1. The summed E-state index contributed by atoms with van der Waals surface area (Å²) in [6.45, 7) is 0.466. The van der Waals surface area contributed by atoms with Crippen LogP contribution in [0.2, 0.25) is 0 Å². The molecule has 0 saturated heterocycles. The number of nitrogens with zero attached hydrogens (tertiary/aromatic N) is 2. The van der Waals surface area contributed by atoms with Gasteiger partial charge < -0.3 is 10.3 Å². The van der Waals surface area contributed by atoms with E-state index in [2.05, 4.69) is 15.4 Å². The molecule has 124 valence electrons. The van der Waals surface area contributed by atoms with Crippen molar-refractivity contribution >= 4 is 16.8 Å². The maximum absolute atomic E-state index is 12.3. The van der Waals surface area contributed by atoms with Gasteiger partial charge in [-0.25, -0.2) is 4.68 Å². The van der Waals surface area contributed by atoms with Crippen LogP contribution in [-0.2, 0) is 17.8 Å². The average Bonchev–Trinajstić information content (AvgIpc) is 3.28. The number of benzene rings is 2. The number of amides is 1. The van der Waals surface area contributed by atoms with Gasteiger partial charge in [0.1, 0.15) is 0 Å². The van der Waals surface area contributed by atoms with E-state index in [0.29, 0.717) is 13.0 Å². The van der Waals surface area contributed by atoms with Crippen LogP contribution in [0.15, 0.2) is 73.2 Å². The first-order valence-corrected chi connectivity index (χ1v) is 8.20. The van der Waals surface area contributed by atoms with E-state index < -0.39 is 0 Å². The van der Waals surface area contributed by atoms with Crippen LogP contribution in [0.5, 0.6) is 0 Å². The van der Waals surface area contributed by atoms with Crippen molar-refractivity contribution in [1.29, 1.82) is 0 Å². The third-order valence-corrected chi connectivity index (χ3v) is 4.17. The second kappa shape index (κ2) is 6.65. The lowest BCUT2D eigenvalue weighted by Gasteiger charge is -2.03. The number of carbonyl (C=O) groups excluding carboxylic acids is 1. The van der Waals surface area contributed by atoms with Crippen LogP contribution in [0.3, 0.4) is 0 Å². The maximum Gasteiger partial charge on any atom is 0.224 e. The molecule has 0 spiro atoms. The molecule has 0 unspecified atom stereocenters. The van der Waals surface area contributed by atoms with Crippen LogP contribution in [0.4, 0.5) is 0 Å². The van der Waals surface area contributed by atoms with Crippen LogP contribution in [0.25, 0.3) is 16.6 Å². The van der Waals surface area contributed by atoms with Crippen LogP contribution >= 0.6 is 0 Å². The van der Waals surface area contributed by atoms with Crippen LogP contribution in [0.1, 0.15) is 11.1 Å². The molecular formula is C20H18N4O. The van der Waals surface area contributed by atoms with Crippen LogP contribution in [-0.4, -0.2) is 20.7 Å². The minimum absolute atomic E-state index is 0.00258. The molecule has 2 N–H and O–H groups in total. The first kappa shape index (κ1) is 15.2. The highest BCUT2D eigenvalue weighted by Crippen LogP contribution is 2.18. The molecule has 1 amide bonds. The molecule has 5 nitrogen and oxygen atoms in total. The molecule has 0 aliphatic rings. The Morgan fingerprint density at radius 3 is 2.76 bits per heavy atom. The van der Waals surface area contributed by atoms with Crippen molar-refractivity contribution in [2.24, 2.45) is 0 Å². The second-order valence-electron chi connectivity index (χ2n) is 5.94. The molecule has 0 atom stereocenters. The third-order valence-electron chi connectivity index (χ3n) is 4.17. The van der Waals surface area contributed by atoms with E-state index in [9.17, 15) is 4.79 Å². The Morgan fingerprint density at radius 2 is 1.88 bits per heavy atom. The van der Waals surface area contributed by atoms with Gasteiger partial charge in [-0.3, -0.25) is 4.79 Å². The molecule has 0 radical (unpaired) electrons. The SMILES string of the molecule is O=C(Cc1c[nH]c2ccccc12)NCc1cnn(-c2ccccc2)c1. The van der Waals surface area contributed by atoms with Gasteiger partial charge in [-0.2, -0.15) is 5.10 Å². The molecule has 0 saturated carbocycles. The van der Waals surface area contributed by atoms with E-state index in [1.54, 1.807) is 10.9 Å². The lowest BCUT2D eigenvalue weighted by molar-refractivity contribution is -0.120. The van der Waals surface area contributed by atoms with Crippen molar-refractivity contribution in [2.45, 2.75) is 13.0 Å². The van der Waals surface area contributed by atoms with E-state index in [4.69, 9.17) is 0 Å². The lowest BCUT2D eigenvalue weighted by atomic mass is 10.1. The van der Waals surface area contributed by atoms with Gasteiger partial charge in [-0.05, 0) is 23.8 Å². The number of hydrogen-bond acceptors (Lipinski definition) is 2. The van der Waals surface area contributed by atoms with Gasteiger partial charge in [0.25, 0.3) is 0 Å². The number of aromatic amines is 1. The summed E-state index contributed by atoms with van der Waals surface area (Å²) in [4.78, 5) is 15.4. The summed E-state index contributed by atoms with van der Waals surface area (Å²) < 4.78 is 1.81. The van der Waals surface area contributed by atoms with Gasteiger partial charge >= 0.3 is 0 Å². The molecule has 25 heavy (non-hydrogen) atoms. The Hall–Kier alpha value is -3.34. The Kier molecular flexibility index (Phi) is 4.04. The summed E-state index contributed by atoms with van der Waals surface area (Å²) in [5.41, 5.74) is 4.03. The first-order valence-electron chi connectivity index (χ1n) is 8.20. The predicted octanol–water partition coefficient (Wildman–Crippen LogP) is 3.21. The minimum atomic E-state index is -0.00258. The fraction of sp³-hybridized carbons (Fsp3) is 0.100. The smallest absolute Gasteiger partial charge is 0.224 e. The molecule has 2 aromatic carbocycles. The summed E-state index contributed by atoms with van der Waals surface area (Å²) in [6.07, 6.45) is 5.97.